The van der Waals surface area contributed by atoms with E-state index in [1.807, 2.05) is 0 Å². The third kappa shape index (κ3) is 11.9. The van der Waals surface area contributed by atoms with Crippen LogP contribution in [0.5, 0.6) is 0 Å². The Morgan fingerprint density at radius 3 is 1.45 bits per heavy atom. The summed E-state index contributed by atoms with van der Waals surface area (Å²) < 4.78 is 32.9. The van der Waals surface area contributed by atoms with Crippen molar-refractivity contribution in [1.29, 1.82) is 0 Å². The summed E-state index contributed by atoms with van der Waals surface area (Å²) in [7, 11) is -5.16. The predicted molar refractivity (Wildman–Crippen MR) is 109 cm³/mol. The molecular weight excluding hydrogens is 424 g/mol. The molecule has 9 heteroatoms. The van der Waals surface area contributed by atoms with Gasteiger partial charge in [-0.3, -0.25) is 4.55 Å². The van der Waals surface area contributed by atoms with Gasteiger partial charge in [0.05, 0.1) is 5.97 Å². The van der Waals surface area contributed by atoms with Crippen LogP contribution in [0.25, 0.3) is 0 Å². The van der Waals surface area contributed by atoms with Crippen LogP contribution in [0.1, 0.15) is 91.9 Å². The van der Waals surface area contributed by atoms with Crippen molar-refractivity contribution in [3.8, 4) is 0 Å². The van der Waals surface area contributed by atoms with Crippen LogP contribution in [0.15, 0.2) is 0 Å². The molecule has 0 radical (unpaired) electrons. The number of carbonyl (C=O) groups excluding carboxylic acids is 2. The van der Waals surface area contributed by atoms with E-state index in [9.17, 15) is 32.8 Å². The van der Waals surface area contributed by atoms with Crippen LogP contribution in [0.3, 0.4) is 0 Å². The zero-order valence-electron chi connectivity index (χ0n) is 18.3. The number of carboxylic acids is 2. The van der Waals surface area contributed by atoms with Gasteiger partial charge in [0.15, 0.2) is 0 Å². The minimum absolute atomic E-state index is 0. The molecular formula is C20H36CaO7S. The largest absolute Gasteiger partial charge is 2.00 e. The number of carbonyl (C=O) groups is 2. The fourth-order valence-electron chi connectivity index (χ4n) is 3.67. The second-order valence-corrected chi connectivity index (χ2v) is 10.1. The molecule has 0 aromatic heterocycles. The molecule has 0 aliphatic heterocycles. The summed E-state index contributed by atoms with van der Waals surface area (Å²) >= 11 is 0. The van der Waals surface area contributed by atoms with E-state index in [1.165, 1.54) is 0 Å². The first-order chi connectivity index (χ1) is 12.8. The van der Waals surface area contributed by atoms with Crippen molar-refractivity contribution in [2.24, 2.45) is 17.3 Å². The van der Waals surface area contributed by atoms with E-state index in [-0.39, 0.29) is 50.6 Å². The summed E-state index contributed by atoms with van der Waals surface area (Å²) in [4.78, 5) is 23.5. The molecule has 0 bridgehead atoms. The Morgan fingerprint density at radius 1 is 0.828 bits per heavy atom. The van der Waals surface area contributed by atoms with E-state index in [2.05, 4.69) is 27.7 Å². The van der Waals surface area contributed by atoms with Gasteiger partial charge in [-0.1, -0.05) is 79.1 Å². The van der Waals surface area contributed by atoms with E-state index in [0.29, 0.717) is 37.5 Å². The number of hydrogen-bond acceptors (Lipinski definition) is 6. The van der Waals surface area contributed by atoms with Crippen molar-refractivity contribution < 1.29 is 32.8 Å². The van der Waals surface area contributed by atoms with Gasteiger partial charge in [-0.15, -0.1) is 0 Å². The second kappa shape index (κ2) is 15.0. The first-order valence-electron chi connectivity index (χ1n) is 10.2. The van der Waals surface area contributed by atoms with Crippen molar-refractivity contribution in [3.05, 3.63) is 0 Å². The van der Waals surface area contributed by atoms with Gasteiger partial charge in [-0.2, -0.15) is 8.42 Å². The van der Waals surface area contributed by atoms with Crippen LogP contribution in [0, 0.1) is 17.3 Å². The van der Waals surface area contributed by atoms with Crippen molar-refractivity contribution in [3.63, 3.8) is 0 Å². The van der Waals surface area contributed by atoms with E-state index in [4.69, 9.17) is 0 Å². The molecule has 7 nitrogen and oxygen atoms in total. The maximum atomic E-state index is 12.0. The van der Waals surface area contributed by atoms with E-state index < -0.39 is 32.7 Å². The molecule has 0 aromatic carbocycles. The predicted octanol–water partition coefficient (Wildman–Crippen LogP) is 1.56. The van der Waals surface area contributed by atoms with Crippen LogP contribution in [0.4, 0.5) is 0 Å². The van der Waals surface area contributed by atoms with Crippen LogP contribution in [-0.2, 0) is 19.7 Å². The molecule has 0 amide bonds. The fraction of sp³-hybridized carbons (Fsp3) is 0.900. The molecule has 1 atom stereocenters. The number of unbranched alkanes of at least 4 members (excludes halogenated alkanes) is 4. The third-order valence-corrected chi connectivity index (χ3v) is 6.47. The first-order valence-corrected chi connectivity index (χ1v) is 11.7. The van der Waals surface area contributed by atoms with Crippen LogP contribution < -0.4 is 10.2 Å². The molecule has 0 aromatic rings. The maximum Gasteiger partial charge on any atom is 2.00 e. The zero-order chi connectivity index (χ0) is 22.0. The normalized spacial score (nSPS) is 13.3. The monoisotopic (exact) mass is 460 g/mol. The first kappa shape index (κ1) is 31.3. The van der Waals surface area contributed by atoms with Crippen LogP contribution in [-0.4, -0.2) is 67.9 Å². The summed E-state index contributed by atoms with van der Waals surface area (Å²) in [6, 6.07) is 0. The zero-order valence-corrected chi connectivity index (χ0v) is 21.3. The molecule has 0 aliphatic carbocycles. The number of rotatable bonds is 16. The fourth-order valence-corrected chi connectivity index (χ4v) is 4.82. The Bertz CT molecular complexity index is 570. The maximum absolute atomic E-state index is 12.0. The van der Waals surface area contributed by atoms with Gasteiger partial charge in [0.25, 0.3) is 10.1 Å². The number of carboxylic acid groups (broad SMARTS) is 2. The van der Waals surface area contributed by atoms with Gasteiger partial charge in [0.1, 0.15) is 5.25 Å². The average Bonchev–Trinajstić information content (AvgIpc) is 2.51. The molecule has 0 saturated heterocycles. The minimum Gasteiger partial charge on any atom is -0.549 e. The standard InChI is InChI=1S/C20H38O7S.Ca/c1-15(2)11-7-5-9-13-20(19(23)24,14-10-6-8-12-16(3)4)17(18(21)22)28(25,26)27;/h15-17H,5-14H2,1-4H3,(H,21,22)(H,23,24)(H,25,26,27);/q;+2/p-2. The van der Waals surface area contributed by atoms with E-state index >= 15 is 0 Å². The van der Waals surface area contributed by atoms with Gasteiger partial charge in [-0.05, 0) is 24.7 Å². The van der Waals surface area contributed by atoms with E-state index in [1.54, 1.807) is 0 Å². The molecule has 0 spiro atoms. The summed E-state index contributed by atoms with van der Waals surface area (Å²) in [6.07, 6.45) is 5.14. The molecule has 1 unspecified atom stereocenters. The van der Waals surface area contributed by atoms with E-state index in [0.717, 1.165) is 25.7 Å². The Morgan fingerprint density at radius 2 is 1.21 bits per heavy atom. The van der Waals surface area contributed by atoms with Gasteiger partial charge in [0, 0.05) is 11.4 Å². The number of aliphatic carboxylic acids is 2. The molecule has 0 fully saturated rings. The van der Waals surface area contributed by atoms with Gasteiger partial charge < -0.3 is 19.8 Å². The smallest absolute Gasteiger partial charge is 0.549 e. The summed E-state index contributed by atoms with van der Waals surface area (Å²) in [6.45, 7) is 8.25. The molecule has 0 heterocycles. The molecule has 0 rings (SSSR count). The van der Waals surface area contributed by atoms with Crippen LogP contribution >= 0.6 is 0 Å². The quantitative estimate of drug-likeness (QED) is 0.210. The van der Waals surface area contributed by atoms with Gasteiger partial charge in [-0.25, -0.2) is 0 Å². The Kier molecular flexibility index (Phi) is 16.2. The minimum atomic E-state index is -5.16. The molecule has 1 N–H and O–H groups in total. The van der Waals surface area contributed by atoms with Crippen LogP contribution in [0.2, 0.25) is 0 Å². The third-order valence-electron chi connectivity index (χ3n) is 5.23. The van der Waals surface area contributed by atoms with Gasteiger partial charge >= 0.3 is 37.7 Å². The average molecular weight is 461 g/mol. The summed E-state index contributed by atoms with van der Waals surface area (Å²) in [5, 5.41) is 21.0. The SMILES string of the molecule is CC(C)CCCCCC(CCCCCC(C)C)(C(=O)[O-])C(C(=O)[O-])S(=O)(=O)O.[Ca+2]. The molecule has 0 saturated carbocycles. The van der Waals surface area contributed by atoms with Crippen molar-refractivity contribution >= 4 is 59.8 Å². The Labute approximate surface area is 205 Å². The Hall–Kier alpha value is 0.110. The molecule has 166 valence electrons. The van der Waals surface area contributed by atoms with Gasteiger partial charge in [0.2, 0.25) is 0 Å². The Balaban J connectivity index is 0. The summed E-state index contributed by atoms with van der Waals surface area (Å²) in [5.41, 5.74) is -2.19. The molecule has 0 aliphatic rings. The number of hydrogen-bond donors (Lipinski definition) is 1. The summed E-state index contributed by atoms with van der Waals surface area (Å²) in [5.74, 6) is -2.88. The van der Waals surface area contributed by atoms with Crippen molar-refractivity contribution in [2.75, 3.05) is 0 Å². The van der Waals surface area contributed by atoms with Crippen molar-refractivity contribution in [2.45, 2.75) is 97.2 Å². The second-order valence-electron chi connectivity index (χ2n) is 8.64. The molecule has 29 heavy (non-hydrogen) atoms. The van der Waals surface area contributed by atoms with Crippen molar-refractivity contribution in [1.82, 2.24) is 0 Å². The topological polar surface area (TPSA) is 135 Å².